The topological polar surface area (TPSA) is 37.8 Å². The van der Waals surface area contributed by atoms with E-state index in [0.717, 1.165) is 18.7 Å². The molecule has 1 unspecified atom stereocenters. The van der Waals surface area contributed by atoms with E-state index in [2.05, 4.69) is 39.8 Å². The highest BCUT2D eigenvalue weighted by Gasteiger charge is 2.17. The summed E-state index contributed by atoms with van der Waals surface area (Å²) in [7, 11) is 0. The van der Waals surface area contributed by atoms with Gasteiger partial charge in [-0.3, -0.25) is 0 Å². The molecule has 0 fully saturated rings. The fourth-order valence-corrected chi connectivity index (χ4v) is 2.55. The van der Waals surface area contributed by atoms with Crippen LogP contribution in [0, 0.1) is 0 Å². The molecule has 0 bridgehead atoms. The second kappa shape index (κ2) is 5.27. The predicted octanol–water partition coefficient (Wildman–Crippen LogP) is 2.12. The Balaban J connectivity index is 1.60. The van der Waals surface area contributed by atoms with Gasteiger partial charge in [0.1, 0.15) is 0 Å². The number of nitrogens with one attached hydrogen (secondary N) is 1. The minimum Gasteiger partial charge on any atom is -0.308 e. The molecule has 0 amide bonds. The highest BCUT2D eigenvalue weighted by atomic mass is 15.1. The summed E-state index contributed by atoms with van der Waals surface area (Å²) in [5, 5.41) is 11.6. The molecule has 0 saturated carbocycles. The Morgan fingerprint density at radius 3 is 2.83 bits per heavy atom. The van der Waals surface area contributed by atoms with Gasteiger partial charge in [-0.15, -0.1) is 0 Å². The summed E-state index contributed by atoms with van der Waals surface area (Å²) in [5.41, 5.74) is 4.01. The van der Waals surface area contributed by atoms with E-state index >= 15 is 0 Å². The van der Waals surface area contributed by atoms with E-state index in [0.29, 0.717) is 6.04 Å². The molecule has 2 aromatic rings. The van der Waals surface area contributed by atoms with Gasteiger partial charge >= 0.3 is 0 Å². The number of hydrogen-bond donors (Lipinski definition) is 1. The van der Waals surface area contributed by atoms with Crippen LogP contribution in [0.2, 0.25) is 0 Å². The van der Waals surface area contributed by atoms with Crippen LogP contribution in [0.1, 0.15) is 23.2 Å². The van der Waals surface area contributed by atoms with E-state index in [1.54, 1.807) is 6.20 Å². The molecule has 18 heavy (non-hydrogen) atoms. The molecule has 1 aliphatic rings. The monoisotopic (exact) mass is 239 g/mol. The highest BCUT2D eigenvalue weighted by molar-refractivity contribution is 5.30. The van der Waals surface area contributed by atoms with Crippen molar-refractivity contribution >= 4 is 0 Å². The van der Waals surface area contributed by atoms with Crippen molar-refractivity contribution in [1.82, 2.24) is 15.5 Å². The zero-order valence-electron chi connectivity index (χ0n) is 10.3. The van der Waals surface area contributed by atoms with Crippen LogP contribution in [0.5, 0.6) is 0 Å². The first kappa shape index (κ1) is 11.4. The molecule has 1 heterocycles. The van der Waals surface area contributed by atoms with E-state index in [1.165, 1.54) is 24.0 Å². The fraction of sp³-hybridized carbons (Fsp3) is 0.333. The molecule has 1 aromatic heterocycles. The second-order valence-corrected chi connectivity index (χ2v) is 4.80. The van der Waals surface area contributed by atoms with E-state index in [9.17, 15) is 0 Å². The van der Waals surface area contributed by atoms with E-state index in [4.69, 9.17) is 0 Å². The lowest BCUT2D eigenvalue weighted by Crippen LogP contribution is -2.34. The number of rotatable bonds is 3. The van der Waals surface area contributed by atoms with Gasteiger partial charge in [0.15, 0.2) is 0 Å². The van der Waals surface area contributed by atoms with Crippen LogP contribution >= 0.6 is 0 Å². The second-order valence-electron chi connectivity index (χ2n) is 4.80. The van der Waals surface area contributed by atoms with Gasteiger partial charge in [-0.25, -0.2) is 0 Å². The molecule has 1 aromatic carbocycles. The van der Waals surface area contributed by atoms with Crippen molar-refractivity contribution in [3.63, 3.8) is 0 Å². The summed E-state index contributed by atoms with van der Waals surface area (Å²) in [4.78, 5) is 0. The van der Waals surface area contributed by atoms with Gasteiger partial charge in [-0.2, -0.15) is 10.2 Å². The summed E-state index contributed by atoms with van der Waals surface area (Å²) >= 11 is 0. The van der Waals surface area contributed by atoms with E-state index < -0.39 is 0 Å². The van der Waals surface area contributed by atoms with Gasteiger partial charge in [0.2, 0.25) is 0 Å². The molecule has 3 nitrogen and oxygen atoms in total. The lowest BCUT2D eigenvalue weighted by molar-refractivity contribution is 0.453. The maximum atomic E-state index is 4.09. The summed E-state index contributed by atoms with van der Waals surface area (Å²) in [5.74, 6) is 0. The van der Waals surface area contributed by atoms with E-state index in [1.807, 2.05) is 12.1 Å². The van der Waals surface area contributed by atoms with Crippen molar-refractivity contribution in [1.29, 1.82) is 0 Å². The molecule has 0 spiro atoms. The third kappa shape index (κ3) is 2.57. The Hall–Kier alpha value is -1.74. The number of aryl methyl sites for hydroxylation is 1. The lowest BCUT2D eigenvalue weighted by Gasteiger charge is -2.25. The molecule has 0 aliphatic heterocycles. The van der Waals surface area contributed by atoms with Gasteiger partial charge in [-0.05, 0) is 42.5 Å². The third-order valence-corrected chi connectivity index (χ3v) is 3.55. The zero-order valence-corrected chi connectivity index (χ0v) is 10.3. The largest absolute Gasteiger partial charge is 0.308 e. The SMILES string of the molecule is c1cnnc(CNC2CCc3ccccc3C2)c1. The van der Waals surface area contributed by atoms with Crippen LogP contribution in [0.15, 0.2) is 42.6 Å². The molecule has 1 N–H and O–H groups in total. The Morgan fingerprint density at radius 1 is 1.11 bits per heavy atom. The summed E-state index contributed by atoms with van der Waals surface area (Å²) in [6.45, 7) is 0.806. The Morgan fingerprint density at radius 2 is 2.00 bits per heavy atom. The van der Waals surface area contributed by atoms with Crippen molar-refractivity contribution in [2.75, 3.05) is 0 Å². The standard InChI is InChI=1S/C15H17N3/c1-2-5-13-10-14(8-7-12(13)4-1)16-11-15-6-3-9-17-18-15/h1-6,9,14,16H,7-8,10-11H2. The first-order valence-electron chi connectivity index (χ1n) is 6.48. The van der Waals surface area contributed by atoms with Gasteiger partial charge in [-0.1, -0.05) is 24.3 Å². The third-order valence-electron chi connectivity index (χ3n) is 3.55. The van der Waals surface area contributed by atoms with Crippen molar-refractivity contribution in [2.45, 2.75) is 31.8 Å². The number of benzene rings is 1. The predicted molar refractivity (Wildman–Crippen MR) is 71.1 cm³/mol. The molecule has 0 saturated heterocycles. The molecule has 3 heteroatoms. The molecule has 3 rings (SSSR count). The van der Waals surface area contributed by atoms with Crippen LogP contribution in [-0.4, -0.2) is 16.2 Å². The minimum atomic E-state index is 0.557. The fourth-order valence-electron chi connectivity index (χ4n) is 2.55. The highest BCUT2D eigenvalue weighted by Crippen LogP contribution is 2.21. The van der Waals surface area contributed by atoms with Crippen LogP contribution in [0.4, 0.5) is 0 Å². The van der Waals surface area contributed by atoms with Crippen LogP contribution < -0.4 is 5.32 Å². The summed E-state index contributed by atoms with van der Waals surface area (Å²) in [6.07, 6.45) is 5.21. The number of nitrogens with zero attached hydrogens (tertiary/aromatic N) is 2. The maximum Gasteiger partial charge on any atom is 0.0769 e. The summed E-state index contributed by atoms with van der Waals surface area (Å²) in [6, 6.07) is 13.2. The van der Waals surface area contributed by atoms with Crippen molar-refractivity contribution in [3.05, 3.63) is 59.4 Å². The van der Waals surface area contributed by atoms with Crippen molar-refractivity contribution in [2.24, 2.45) is 0 Å². The van der Waals surface area contributed by atoms with Gasteiger partial charge in [0.05, 0.1) is 5.69 Å². The lowest BCUT2D eigenvalue weighted by atomic mass is 9.88. The van der Waals surface area contributed by atoms with Crippen LogP contribution in [-0.2, 0) is 19.4 Å². The molecule has 1 atom stereocenters. The number of aromatic nitrogens is 2. The van der Waals surface area contributed by atoms with E-state index in [-0.39, 0.29) is 0 Å². The van der Waals surface area contributed by atoms with Gasteiger partial charge in [0.25, 0.3) is 0 Å². The van der Waals surface area contributed by atoms with Crippen LogP contribution in [0.25, 0.3) is 0 Å². The Labute approximate surface area is 107 Å². The average molecular weight is 239 g/mol. The normalized spacial score (nSPS) is 18.3. The minimum absolute atomic E-state index is 0.557. The average Bonchev–Trinajstić information content (AvgIpc) is 2.46. The molecule has 1 aliphatic carbocycles. The quantitative estimate of drug-likeness (QED) is 0.891. The molecule has 0 radical (unpaired) electrons. The molecule has 92 valence electrons. The first-order valence-corrected chi connectivity index (χ1v) is 6.48. The first-order chi connectivity index (χ1) is 8.92. The number of hydrogen-bond acceptors (Lipinski definition) is 3. The maximum absolute atomic E-state index is 4.09. The van der Waals surface area contributed by atoms with Crippen molar-refractivity contribution in [3.8, 4) is 0 Å². The van der Waals surface area contributed by atoms with Gasteiger partial charge in [0, 0.05) is 18.8 Å². The Kier molecular flexibility index (Phi) is 3.33. The molecular formula is C15H17N3. The number of fused-ring (bicyclic) bond motifs is 1. The summed E-state index contributed by atoms with van der Waals surface area (Å²) < 4.78 is 0. The molecular weight excluding hydrogens is 222 g/mol. The zero-order chi connectivity index (χ0) is 12.2. The van der Waals surface area contributed by atoms with Gasteiger partial charge < -0.3 is 5.32 Å². The Bertz CT molecular complexity index is 510. The smallest absolute Gasteiger partial charge is 0.0769 e. The van der Waals surface area contributed by atoms with Crippen molar-refractivity contribution < 1.29 is 0 Å². The van der Waals surface area contributed by atoms with Crippen LogP contribution in [0.3, 0.4) is 0 Å².